The second kappa shape index (κ2) is 8.05. The van der Waals surface area contributed by atoms with Crippen LogP contribution in [0.2, 0.25) is 0 Å². The highest BCUT2D eigenvalue weighted by molar-refractivity contribution is 7.21. The summed E-state index contributed by atoms with van der Waals surface area (Å²) in [4.78, 5) is 32.0. The third kappa shape index (κ3) is 3.84. The molecule has 2 aromatic heterocycles. The Balaban J connectivity index is 1.64. The van der Waals surface area contributed by atoms with E-state index < -0.39 is 4.92 Å². The number of nitrogens with two attached hydrogens (primary N) is 1. The Morgan fingerprint density at radius 1 is 1.21 bits per heavy atom. The maximum Gasteiger partial charge on any atom is 0.269 e. The van der Waals surface area contributed by atoms with E-state index >= 15 is 0 Å². The van der Waals surface area contributed by atoms with Crippen molar-refractivity contribution in [2.24, 2.45) is 0 Å². The van der Waals surface area contributed by atoms with Crippen molar-refractivity contribution in [3.05, 3.63) is 55.9 Å². The number of hydrogen-bond donors (Lipinski definition) is 1. The van der Waals surface area contributed by atoms with Crippen LogP contribution in [0.1, 0.15) is 40.2 Å². The zero-order valence-electron chi connectivity index (χ0n) is 18.4. The van der Waals surface area contributed by atoms with Crippen LogP contribution >= 0.6 is 11.3 Å². The number of ether oxygens (including phenoxy) is 2. The van der Waals surface area contributed by atoms with Crippen LogP contribution in [0.3, 0.4) is 0 Å². The number of anilines is 2. The summed E-state index contributed by atoms with van der Waals surface area (Å²) in [6.07, 6.45) is 0.658. The third-order valence-electron chi connectivity index (χ3n) is 6.14. The van der Waals surface area contributed by atoms with Gasteiger partial charge in [0.25, 0.3) is 5.69 Å². The van der Waals surface area contributed by atoms with Crippen molar-refractivity contribution in [2.75, 3.05) is 36.9 Å². The molecule has 0 unspecified atom stereocenters. The molecule has 9 nitrogen and oxygen atoms in total. The number of ketones is 1. The van der Waals surface area contributed by atoms with Gasteiger partial charge in [-0.05, 0) is 31.5 Å². The minimum absolute atomic E-state index is 0.0658. The van der Waals surface area contributed by atoms with Gasteiger partial charge in [0.15, 0.2) is 0 Å². The Kier molecular flexibility index (Phi) is 5.31. The van der Waals surface area contributed by atoms with Crippen LogP contribution in [0.25, 0.3) is 10.2 Å². The van der Waals surface area contributed by atoms with Crippen LogP contribution in [0.5, 0.6) is 0 Å². The molecule has 5 rings (SSSR count). The van der Waals surface area contributed by atoms with Gasteiger partial charge < -0.3 is 20.1 Å². The number of thiophene rings is 1. The fraction of sp³-hybridized carbons (Fsp3) is 0.391. The molecule has 33 heavy (non-hydrogen) atoms. The lowest BCUT2D eigenvalue weighted by atomic mass is 9.89. The number of nitrogen functional groups attached to an aromatic ring is 1. The molecule has 10 heteroatoms. The van der Waals surface area contributed by atoms with Crippen LogP contribution in [-0.4, -0.2) is 47.6 Å². The zero-order chi connectivity index (χ0) is 23.3. The molecule has 0 spiro atoms. The normalized spacial score (nSPS) is 17.7. The number of benzene rings is 1. The average Bonchev–Trinajstić information content (AvgIpc) is 3.14. The SMILES string of the molecule is CC1(C)Cc2c(c(N3CCOCC3)nc3sc(C(=O)c4ccc([N+](=O)[O-])cc4)c(N)c23)CO1. The molecule has 0 saturated carbocycles. The van der Waals surface area contributed by atoms with Gasteiger partial charge >= 0.3 is 0 Å². The first-order valence-electron chi connectivity index (χ1n) is 10.7. The molecular weight excluding hydrogens is 444 g/mol. The van der Waals surface area contributed by atoms with Gasteiger partial charge in [-0.25, -0.2) is 4.98 Å². The van der Waals surface area contributed by atoms with Crippen molar-refractivity contribution in [1.82, 2.24) is 4.98 Å². The lowest BCUT2D eigenvalue weighted by Crippen LogP contribution is -2.39. The number of nitro groups is 1. The lowest BCUT2D eigenvalue weighted by molar-refractivity contribution is -0.384. The topological polar surface area (TPSA) is 121 Å². The van der Waals surface area contributed by atoms with Crippen LogP contribution < -0.4 is 10.6 Å². The van der Waals surface area contributed by atoms with Crippen molar-refractivity contribution in [3.63, 3.8) is 0 Å². The number of rotatable bonds is 4. The number of carbonyl (C=O) groups excluding carboxylic acids is 1. The molecular formula is C23H24N4O5S. The molecule has 0 aliphatic carbocycles. The summed E-state index contributed by atoms with van der Waals surface area (Å²) in [5, 5.41) is 11.8. The molecule has 0 atom stereocenters. The summed E-state index contributed by atoms with van der Waals surface area (Å²) in [5.74, 6) is 0.602. The largest absolute Gasteiger partial charge is 0.397 e. The molecule has 3 aromatic rings. The summed E-state index contributed by atoms with van der Waals surface area (Å²) in [7, 11) is 0. The van der Waals surface area contributed by atoms with E-state index in [1.807, 2.05) is 13.8 Å². The number of nitro benzene ring substituents is 1. The average molecular weight is 469 g/mol. The van der Waals surface area contributed by atoms with E-state index in [9.17, 15) is 14.9 Å². The number of aromatic nitrogens is 1. The summed E-state index contributed by atoms with van der Waals surface area (Å²) in [6.45, 7) is 7.27. The Hall–Kier alpha value is -3.08. The maximum atomic E-state index is 13.3. The van der Waals surface area contributed by atoms with Gasteiger partial charge in [0.2, 0.25) is 5.78 Å². The van der Waals surface area contributed by atoms with E-state index in [-0.39, 0.29) is 17.1 Å². The molecule has 172 valence electrons. The molecule has 2 aliphatic rings. The monoisotopic (exact) mass is 468 g/mol. The fourth-order valence-electron chi connectivity index (χ4n) is 4.41. The lowest BCUT2D eigenvalue weighted by Gasteiger charge is -2.36. The van der Waals surface area contributed by atoms with Crippen molar-refractivity contribution in [1.29, 1.82) is 0 Å². The van der Waals surface area contributed by atoms with Crippen molar-refractivity contribution in [2.45, 2.75) is 32.5 Å². The zero-order valence-corrected chi connectivity index (χ0v) is 19.2. The highest BCUT2D eigenvalue weighted by Crippen LogP contribution is 2.44. The predicted octanol–water partition coefficient (Wildman–Crippen LogP) is 3.71. The maximum absolute atomic E-state index is 13.3. The van der Waals surface area contributed by atoms with Gasteiger partial charge in [0.1, 0.15) is 15.5 Å². The van der Waals surface area contributed by atoms with E-state index in [1.54, 1.807) is 0 Å². The summed E-state index contributed by atoms with van der Waals surface area (Å²) < 4.78 is 11.6. The first kappa shape index (κ1) is 21.7. The molecule has 0 radical (unpaired) electrons. The van der Waals surface area contributed by atoms with Crippen LogP contribution in [0.15, 0.2) is 24.3 Å². The highest BCUT2D eigenvalue weighted by atomic mass is 32.1. The Morgan fingerprint density at radius 2 is 1.91 bits per heavy atom. The summed E-state index contributed by atoms with van der Waals surface area (Å²) in [6, 6.07) is 5.58. The van der Waals surface area contributed by atoms with Crippen molar-refractivity contribution < 1.29 is 19.2 Å². The molecule has 0 amide bonds. The van der Waals surface area contributed by atoms with Gasteiger partial charge in [-0.3, -0.25) is 14.9 Å². The minimum atomic E-state index is -0.491. The first-order valence-corrected chi connectivity index (χ1v) is 11.6. The number of nitrogens with zero attached hydrogens (tertiary/aromatic N) is 3. The predicted molar refractivity (Wildman–Crippen MR) is 126 cm³/mol. The number of hydrogen-bond acceptors (Lipinski definition) is 9. The minimum Gasteiger partial charge on any atom is -0.397 e. The highest BCUT2D eigenvalue weighted by Gasteiger charge is 2.34. The van der Waals surface area contributed by atoms with Gasteiger partial charge in [0, 0.05) is 48.2 Å². The molecule has 2 aliphatic heterocycles. The Morgan fingerprint density at radius 3 is 2.58 bits per heavy atom. The first-order chi connectivity index (χ1) is 15.7. The number of pyridine rings is 1. The number of fused-ring (bicyclic) bond motifs is 3. The second-order valence-electron chi connectivity index (χ2n) is 8.88. The number of non-ortho nitro benzene ring substituents is 1. The Bertz CT molecular complexity index is 1260. The van der Waals surface area contributed by atoms with Crippen LogP contribution in [0.4, 0.5) is 17.2 Å². The molecule has 0 bridgehead atoms. The van der Waals surface area contributed by atoms with Crippen LogP contribution in [0, 0.1) is 10.1 Å². The quantitative estimate of drug-likeness (QED) is 0.349. The second-order valence-corrected chi connectivity index (χ2v) is 9.87. The third-order valence-corrected chi connectivity index (χ3v) is 7.24. The standard InChI is InChI=1S/C23H24N4O5S/c1-23(2)11-15-16(12-32-23)21(26-7-9-31-10-8-26)25-22-17(15)18(24)20(33-22)19(28)13-3-5-14(6-4-13)27(29)30/h3-6H,7-12,24H2,1-2H3. The van der Waals surface area contributed by atoms with Gasteiger partial charge in [-0.2, -0.15) is 0 Å². The van der Waals surface area contributed by atoms with Gasteiger partial charge in [-0.1, -0.05) is 0 Å². The van der Waals surface area contributed by atoms with Gasteiger partial charge in [0.05, 0.1) is 36.0 Å². The van der Waals surface area contributed by atoms with E-state index in [2.05, 4.69) is 4.90 Å². The molecule has 1 aromatic carbocycles. The summed E-state index contributed by atoms with van der Waals surface area (Å²) >= 11 is 1.27. The van der Waals surface area contributed by atoms with E-state index in [4.69, 9.17) is 20.2 Å². The van der Waals surface area contributed by atoms with E-state index in [0.29, 0.717) is 42.4 Å². The van der Waals surface area contributed by atoms with Crippen LogP contribution in [-0.2, 0) is 22.5 Å². The number of carbonyl (C=O) groups is 1. The fourth-order valence-corrected chi connectivity index (χ4v) is 5.50. The molecule has 4 heterocycles. The molecule has 2 N–H and O–H groups in total. The molecule has 1 saturated heterocycles. The summed E-state index contributed by atoms with van der Waals surface area (Å²) in [5.41, 5.74) is 8.99. The van der Waals surface area contributed by atoms with E-state index in [0.717, 1.165) is 40.3 Å². The number of morpholine rings is 1. The van der Waals surface area contributed by atoms with Crippen molar-refractivity contribution in [3.8, 4) is 0 Å². The Labute approximate surface area is 194 Å². The molecule has 1 fully saturated rings. The van der Waals surface area contributed by atoms with Crippen molar-refractivity contribution >= 4 is 44.5 Å². The van der Waals surface area contributed by atoms with Gasteiger partial charge in [-0.15, -0.1) is 11.3 Å². The smallest absolute Gasteiger partial charge is 0.269 e. The van der Waals surface area contributed by atoms with E-state index in [1.165, 1.54) is 35.6 Å².